The average Bonchev–Trinajstić information content (AvgIpc) is 2.88. The molecule has 1 aliphatic carbocycles. The molecule has 0 saturated heterocycles. The Morgan fingerprint density at radius 3 is 2.65 bits per heavy atom. The molecular weight excluding hydrogens is 250 g/mol. The topological polar surface area (TPSA) is 41.5 Å². The lowest BCUT2D eigenvalue weighted by atomic mass is 10.0. The van der Waals surface area contributed by atoms with Crippen molar-refractivity contribution >= 4 is 0 Å². The molecule has 2 rings (SSSR count). The Kier molecular flexibility index (Phi) is 5.86. The molecule has 0 amide bonds. The van der Waals surface area contributed by atoms with Crippen molar-refractivity contribution in [3.05, 3.63) is 29.8 Å². The highest BCUT2D eigenvalue weighted by Crippen LogP contribution is 2.26. The Bertz CT molecular complexity index is 390. The fourth-order valence-electron chi connectivity index (χ4n) is 2.77. The Labute approximate surface area is 122 Å². The van der Waals surface area contributed by atoms with E-state index in [1.165, 1.54) is 5.56 Å². The summed E-state index contributed by atoms with van der Waals surface area (Å²) in [6.07, 6.45) is 4.18. The number of hydrogen-bond acceptors (Lipinski definition) is 3. The van der Waals surface area contributed by atoms with E-state index >= 15 is 0 Å². The minimum absolute atomic E-state index is 0.112. The van der Waals surface area contributed by atoms with Crippen LogP contribution in [0, 0.1) is 5.92 Å². The van der Waals surface area contributed by atoms with Gasteiger partial charge in [0, 0.05) is 12.6 Å². The van der Waals surface area contributed by atoms with Crippen LogP contribution in [0.4, 0.5) is 0 Å². The van der Waals surface area contributed by atoms with E-state index in [-0.39, 0.29) is 6.10 Å². The van der Waals surface area contributed by atoms with Gasteiger partial charge in [-0.25, -0.2) is 0 Å². The molecule has 0 aromatic heterocycles. The molecule has 0 spiro atoms. The minimum atomic E-state index is -0.112. The quantitative estimate of drug-likeness (QED) is 0.803. The number of benzene rings is 1. The molecule has 2 N–H and O–H groups in total. The van der Waals surface area contributed by atoms with Crippen molar-refractivity contribution in [2.45, 2.75) is 51.7 Å². The summed E-state index contributed by atoms with van der Waals surface area (Å²) in [7, 11) is 0. The molecule has 3 nitrogen and oxygen atoms in total. The van der Waals surface area contributed by atoms with Crippen LogP contribution < -0.4 is 10.1 Å². The molecule has 0 radical (unpaired) electrons. The molecule has 0 aliphatic heterocycles. The molecule has 1 aromatic carbocycles. The van der Waals surface area contributed by atoms with Crippen molar-refractivity contribution in [3.63, 3.8) is 0 Å². The smallest absolute Gasteiger partial charge is 0.119 e. The molecule has 112 valence electrons. The molecule has 0 bridgehead atoms. The number of aliphatic hydroxyl groups is 1. The fraction of sp³-hybridized carbons (Fsp3) is 0.647. The molecule has 1 aliphatic rings. The van der Waals surface area contributed by atoms with Crippen LogP contribution in [0.1, 0.15) is 51.1 Å². The van der Waals surface area contributed by atoms with E-state index in [1.54, 1.807) is 0 Å². The van der Waals surface area contributed by atoms with Crippen molar-refractivity contribution in [1.29, 1.82) is 0 Å². The highest BCUT2D eigenvalue weighted by molar-refractivity contribution is 5.28. The monoisotopic (exact) mass is 277 g/mol. The van der Waals surface area contributed by atoms with Crippen LogP contribution in [0.25, 0.3) is 0 Å². The second-order valence-electron chi connectivity index (χ2n) is 5.81. The van der Waals surface area contributed by atoms with Gasteiger partial charge in [0.2, 0.25) is 0 Å². The molecular formula is C17H27NO2. The first-order valence-corrected chi connectivity index (χ1v) is 7.85. The van der Waals surface area contributed by atoms with Crippen molar-refractivity contribution in [3.8, 4) is 5.75 Å². The van der Waals surface area contributed by atoms with Crippen LogP contribution in [0.15, 0.2) is 24.3 Å². The van der Waals surface area contributed by atoms with Gasteiger partial charge >= 0.3 is 0 Å². The van der Waals surface area contributed by atoms with E-state index in [0.717, 1.165) is 44.6 Å². The number of aliphatic hydroxyl groups excluding tert-OH is 1. The lowest BCUT2D eigenvalue weighted by Crippen LogP contribution is -2.29. The standard InChI is InChI=1S/C17H27NO2/c1-3-11-20-16-9-7-14(8-10-16)13(2)18-12-15-5-4-6-17(15)19/h7-10,13,15,17-19H,3-6,11-12H2,1-2H3. The van der Waals surface area contributed by atoms with E-state index in [1.807, 2.05) is 12.1 Å². The molecule has 0 heterocycles. The largest absolute Gasteiger partial charge is 0.494 e. The summed E-state index contributed by atoms with van der Waals surface area (Å²) in [5.74, 6) is 1.36. The van der Waals surface area contributed by atoms with E-state index in [2.05, 4.69) is 31.3 Å². The Balaban J connectivity index is 1.81. The Hall–Kier alpha value is -1.06. The molecule has 3 atom stereocenters. The first kappa shape index (κ1) is 15.3. The Morgan fingerprint density at radius 2 is 2.05 bits per heavy atom. The number of hydrogen-bond donors (Lipinski definition) is 2. The van der Waals surface area contributed by atoms with Crippen LogP contribution in [0.3, 0.4) is 0 Å². The normalized spacial score (nSPS) is 23.8. The highest BCUT2D eigenvalue weighted by Gasteiger charge is 2.25. The summed E-state index contributed by atoms with van der Waals surface area (Å²) in [5, 5.41) is 13.4. The van der Waals surface area contributed by atoms with Gasteiger partial charge in [-0.15, -0.1) is 0 Å². The third-order valence-corrected chi connectivity index (χ3v) is 4.16. The predicted molar refractivity (Wildman–Crippen MR) is 82.0 cm³/mol. The summed E-state index contributed by atoms with van der Waals surface area (Å²) in [6.45, 7) is 5.95. The maximum Gasteiger partial charge on any atom is 0.119 e. The molecule has 3 heteroatoms. The first-order valence-electron chi connectivity index (χ1n) is 7.85. The lowest BCUT2D eigenvalue weighted by molar-refractivity contribution is 0.130. The van der Waals surface area contributed by atoms with Crippen molar-refractivity contribution in [2.75, 3.05) is 13.2 Å². The second kappa shape index (κ2) is 7.65. The minimum Gasteiger partial charge on any atom is -0.494 e. The van der Waals surface area contributed by atoms with E-state index in [4.69, 9.17) is 4.74 Å². The van der Waals surface area contributed by atoms with E-state index in [9.17, 15) is 5.11 Å². The zero-order chi connectivity index (χ0) is 14.4. The van der Waals surface area contributed by atoms with Crippen LogP contribution in [0.2, 0.25) is 0 Å². The average molecular weight is 277 g/mol. The fourth-order valence-corrected chi connectivity index (χ4v) is 2.77. The summed E-state index contributed by atoms with van der Waals surface area (Å²) in [6, 6.07) is 8.62. The zero-order valence-corrected chi connectivity index (χ0v) is 12.6. The number of nitrogens with one attached hydrogen (secondary N) is 1. The van der Waals surface area contributed by atoms with Crippen molar-refractivity contribution in [2.24, 2.45) is 5.92 Å². The van der Waals surface area contributed by atoms with Crippen molar-refractivity contribution < 1.29 is 9.84 Å². The van der Waals surface area contributed by atoms with Gasteiger partial charge in [0.1, 0.15) is 5.75 Å². The third-order valence-electron chi connectivity index (χ3n) is 4.16. The lowest BCUT2D eigenvalue weighted by Gasteiger charge is -2.20. The van der Waals surface area contributed by atoms with Gasteiger partial charge < -0.3 is 15.2 Å². The van der Waals surface area contributed by atoms with Gasteiger partial charge in [-0.2, -0.15) is 0 Å². The van der Waals surface area contributed by atoms with Gasteiger partial charge in [0.25, 0.3) is 0 Å². The summed E-state index contributed by atoms with van der Waals surface area (Å²) in [4.78, 5) is 0. The van der Waals surface area contributed by atoms with Gasteiger partial charge in [0.05, 0.1) is 12.7 Å². The van der Waals surface area contributed by atoms with Gasteiger partial charge in [0.15, 0.2) is 0 Å². The van der Waals surface area contributed by atoms with Gasteiger partial charge in [-0.3, -0.25) is 0 Å². The molecule has 20 heavy (non-hydrogen) atoms. The zero-order valence-electron chi connectivity index (χ0n) is 12.6. The van der Waals surface area contributed by atoms with Crippen LogP contribution in [0.5, 0.6) is 5.75 Å². The summed E-state index contributed by atoms with van der Waals surface area (Å²) in [5.41, 5.74) is 1.27. The van der Waals surface area contributed by atoms with Crippen LogP contribution in [-0.4, -0.2) is 24.4 Å². The molecule has 1 fully saturated rings. The molecule has 1 aromatic rings. The highest BCUT2D eigenvalue weighted by atomic mass is 16.5. The van der Waals surface area contributed by atoms with Gasteiger partial charge in [-0.05, 0) is 49.8 Å². The summed E-state index contributed by atoms with van der Waals surface area (Å²) < 4.78 is 5.59. The van der Waals surface area contributed by atoms with E-state index in [0.29, 0.717) is 12.0 Å². The predicted octanol–water partition coefficient (Wildman–Crippen LogP) is 3.29. The maximum absolute atomic E-state index is 9.83. The second-order valence-corrected chi connectivity index (χ2v) is 5.81. The van der Waals surface area contributed by atoms with Crippen molar-refractivity contribution in [1.82, 2.24) is 5.32 Å². The van der Waals surface area contributed by atoms with Gasteiger partial charge in [-0.1, -0.05) is 25.5 Å². The Morgan fingerprint density at radius 1 is 1.30 bits per heavy atom. The first-order chi connectivity index (χ1) is 9.70. The molecule has 1 saturated carbocycles. The van der Waals surface area contributed by atoms with Crippen LogP contribution >= 0.6 is 0 Å². The van der Waals surface area contributed by atoms with Crippen LogP contribution in [-0.2, 0) is 0 Å². The number of rotatable bonds is 7. The molecule has 3 unspecified atom stereocenters. The summed E-state index contributed by atoms with van der Waals surface area (Å²) >= 11 is 0. The maximum atomic E-state index is 9.83. The number of ether oxygens (including phenoxy) is 1. The van der Waals surface area contributed by atoms with E-state index < -0.39 is 0 Å². The third kappa shape index (κ3) is 4.22. The SMILES string of the molecule is CCCOc1ccc(C(C)NCC2CCCC2O)cc1.